The van der Waals surface area contributed by atoms with Crippen LogP contribution in [0.3, 0.4) is 0 Å². The van der Waals surface area contributed by atoms with Crippen molar-refractivity contribution in [2.45, 2.75) is 120 Å². The Morgan fingerprint density at radius 1 is 0.750 bits per heavy atom. The smallest absolute Gasteiger partial charge is 0.0644 e. The first-order valence-electron chi connectivity index (χ1n) is 11.0. The second kappa shape index (κ2) is 19.2. The molecule has 0 fully saturated rings. The van der Waals surface area contributed by atoms with Crippen LogP contribution in [-0.2, 0) is 18.2 Å². The third-order valence-corrected chi connectivity index (χ3v) is 5.97. The summed E-state index contributed by atoms with van der Waals surface area (Å²) in [5.74, 6) is 1.46. The Balaban J connectivity index is -0.000000340. The zero-order valence-corrected chi connectivity index (χ0v) is 23.5. The summed E-state index contributed by atoms with van der Waals surface area (Å²) in [6, 6.07) is 0.562. The molecular weight excluding hydrogens is 428 g/mol. The van der Waals surface area contributed by atoms with Crippen molar-refractivity contribution in [2.75, 3.05) is 19.6 Å². The maximum absolute atomic E-state index is 4.51. The minimum Gasteiger partial charge on any atom is -0.662 e. The van der Waals surface area contributed by atoms with Crippen molar-refractivity contribution < 1.29 is 18.2 Å². The van der Waals surface area contributed by atoms with E-state index in [2.05, 4.69) is 108 Å². The Morgan fingerprint density at radius 3 is 1.46 bits per heavy atom. The molecule has 0 heterocycles. The Bertz CT molecular complexity index is 368. The number of nitrogens with zero attached hydrogens (tertiary/aromatic N) is 4. The number of rotatable bonds is 8. The zero-order valence-electron chi connectivity index (χ0n) is 21.5. The van der Waals surface area contributed by atoms with Crippen molar-refractivity contribution in [3.8, 4) is 0 Å². The summed E-state index contributed by atoms with van der Waals surface area (Å²) < 4.78 is 9.01. The van der Waals surface area contributed by atoms with E-state index in [0.717, 1.165) is 31.5 Å². The topological polar surface area (TPSA) is 52.9 Å². The van der Waals surface area contributed by atoms with Gasteiger partial charge in [-0.3, -0.25) is 0 Å². The van der Waals surface area contributed by atoms with E-state index in [4.69, 9.17) is 0 Å². The van der Waals surface area contributed by atoms with Gasteiger partial charge < -0.3 is 10.6 Å². The quantitative estimate of drug-likeness (QED) is 0.248. The molecule has 5 heteroatoms. The average molecular weight is 481 g/mol. The second-order valence-electron chi connectivity index (χ2n) is 10.1. The van der Waals surface area contributed by atoms with Crippen LogP contribution in [-0.4, -0.2) is 36.8 Å². The molecule has 28 heavy (non-hydrogen) atoms. The molecule has 0 saturated carbocycles. The maximum Gasteiger partial charge on any atom is -0.0644 e. The molecular formula is C23H52MoN4. The summed E-state index contributed by atoms with van der Waals surface area (Å²) in [6.45, 7) is 31.1. The molecule has 0 bridgehead atoms. The summed E-state index contributed by atoms with van der Waals surface area (Å²) in [5.41, 5.74) is 0.216. The van der Waals surface area contributed by atoms with E-state index in [1.807, 2.05) is 0 Å². The van der Waals surface area contributed by atoms with E-state index in [9.17, 15) is 0 Å². The van der Waals surface area contributed by atoms with Gasteiger partial charge in [0.2, 0.25) is 0 Å². The fourth-order valence-electron chi connectivity index (χ4n) is 1.29. The fraction of sp³-hybridized carbons (Fsp3) is 1.00. The standard InChI is InChI=1S/C8H18N.C7H16N.2C4H9N.Mo/c1-5-8(4)9-6-7(2)3;1-4-5-8-6-7(2)3;2*1-4(2,3)5;/h7-8H,5-6H2,1-4H3;7H,4-6H2,1-3H3;2*1-3H3;/q2*-1;;;+2. The minimum atomic E-state index is -0.473. The van der Waals surface area contributed by atoms with E-state index >= 15 is 0 Å². The van der Waals surface area contributed by atoms with Gasteiger partial charge in [0.25, 0.3) is 0 Å². The molecule has 0 saturated heterocycles. The summed E-state index contributed by atoms with van der Waals surface area (Å²) in [5, 5.41) is 8.73. The number of hydrogen-bond acceptors (Lipinski definition) is 2. The third-order valence-electron chi connectivity index (χ3n) is 2.88. The molecule has 0 aromatic rings. The van der Waals surface area contributed by atoms with E-state index in [1.165, 1.54) is 12.8 Å². The van der Waals surface area contributed by atoms with Crippen LogP contribution in [0, 0.1) is 11.8 Å². The molecule has 0 N–H and O–H groups in total. The van der Waals surface area contributed by atoms with Gasteiger partial charge in [0.1, 0.15) is 0 Å². The van der Waals surface area contributed by atoms with Crippen molar-refractivity contribution in [1.82, 2.24) is 0 Å². The van der Waals surface area contributed by atoms with Crippen LogP contribution in [0.2, 0.25) is 0 Å². The van der Waals surface area contributed by atoms with Crippen molar-refractivity contribution in [1.29, 1.82) is 0 Å². The van der Waals surface area contributed by atoms with Crippen LogP contribution < -0.4 is 0 Å². The SMILES string of the molecule is CC(C)(C)[N]=[Mo+2]=[N]C(C)(C)C.CCC(C)[N-]CC(C)C.CCC[N-]CC(C)C. The van der Waals surface area contributed by atoms with Gasteiger partial charge in [0, 0.05) is 0 Å². The van der Waals surface area contributed by atoms with Crippen molar-refractivity contribution in [2.24, 2.45) is 18.8 Å². The van der Waals surface area contributed by atoms with Crippen LogP contribution in [0.25, 0.3) is 10.6 Å². The second-order valence-corrected chi connectivity index (χ2v) is 11.4. The first-order chi connectivity index (χ1) is 12.6. The molecule has 0 rings (SSSR count). The molecule has 1 atom stereocenters. The van der Waals surface area contributed by atoms with Crippen LogP contribution in [0.5, 0.6) is 0 Å². The van der Waals surface area contributed by atoms with Gasteiger partial charge in [-0.25, -0.2) is 0 Å². The largest absolute Gasteiger partial charge is 0.662 e. The van der Waals surface area contributed by atoms with Gasteiger partial charge >= 0.3 is 77.8 Å². The summed E-state index contributed by atoms with van der Waals surface area (Å²) in [4.78, 5) is 0. The molecule has 0 aromatic heterocycles. The summed E-state index contributed by atoms with van der Waals surface area (Å²) in [6.07, 6.45) is 2.36. The number of hydrogen-bond donors (Lipinski definition) is 0. The third kappa shape index (κ3) is 40.8. The molecule has 0 spiro atoms. The van der Waals surface area contributed by atoms with Crippen molar-refractivity contribution in [3.05, 3.63) is 10.6 Å². The van der Waals surface area contributed by atoms with Crippen LogP contribution in [0.4, 0.5) is 0 Å². The van der Waals surface area contributed by atoms with Gasteiger partial charge in [0.15, 0.2) is 0 Å². The van der Waals surface area contributed by atoms with E-state index in [0.29, 0.717) is 6.04 Å². The first-order valence-corrected chi connectivity index (χ1v) is 12.8. The van der Waals surface area contributed by atoms with E-state index in [-0.39, 0.29) is 11.1 Å². The van der Waals surface area contributed by atoms with E-state index < -0.39 is 18.2 Å². The average Bonchev–Trinajstić information content (AvgIpc) is 2.51. The molecule has 170 valence electrons. The normalized spacial score (nSPS) is 12.4. The molecule has 0 aliphatic carbocycles. The molecule has 0 aliphatic heterocycles. The van der Waals surface area contributed by atoms with Gasteiger partial charge in [0.05, 0.1) is 0 Å². The van der Waals surface area contributed by atoms with Crippen molar-refractivity contribution in [3.63, 3.8) is 0 Å². The van der Waals surface area contributed by atoms with Crippen molar-refractivity contribution >= 4 is 0 Å². The molecule has 0 aliphatic rings. The Hall–Kier alpha value is 0.208. The summed E-state index contributed by atoms with van der Waals surface area (Å²) in [7, 11) is 0. The van der Waals surface area contributed by atoms with Crippen LogP contribution >= 0.6 is 0 Å². The summed E-state index contributed by atoms with van der Waals surface area (Å²) >= 11 is -0.473. The minimum absolute atomic E-state index is 0.108. The zero-order chi connectivity index (χ0) is 22.8. The van der Waals surface area contributed by atoms with Gasteiger partial charge in [-0.2, -0.15) is 0 Å². The maximum atomic E-state index is 4.51. The molecule has 1 unspecified atom stereocenters. The fourth-order valence-corrected chi connectivity index (χ4v) is 2.60. The molecule has 0 radical (unpaired) electrons. The van der Waals surface area contributed by atoms with Crippen LogP contribution in [0.15, 0.2) is 6.99 Å². The van der Waals surface area contributed by atoms with Crippen LogP contribution in [0.1, 0.15) is 103 Å². The van der Waals surface area contributed by atoms with Gasteiger partial charge in [-0.1, -0.05) is 73.1 Å². The van der Waals surface area contributed by atoms with Gasteiger partial charge in [-0.05, 0) is 0 Å². The monoisotopic (exact) mass is 482 g/mol. The molecule has 4 nitrogen and oxygen atoms in total. The molecule has 0 amide bonds. The predicted molar refractivity (Wildman–Crippen MR) is 125 cm³/mol. The Morgan fingerprint density at radius 2 is 1.18 bits per heavy atom. The molecule has 0 aromatic carbocycles. The first kappa shape index (κ1) is 32.9. The van der Waals surface area contributed by atoms with Gasteiger partial charge in [-0.15, -0.1) is 25.7 Å². The van der Waals surface area contributed by atoms with E-state index in [1.54, 1.807) is 0 Å². The Kier molecular flexibility index (Phi) is 22.5. The Labute approximate surface area is 187 Å². The predicted octanol–water partition coefficient (Wildman–Crippen LogP) is 8.27.